The van der Waals surface area contributed by atoms with Crippen LogP contribution in [0.5, 0.6) is 0 Å². The van der Waals surface area contributed by atoms with Gasteiger partial charge in [0.05, 0.1) is 5.02 Å². The minimum absolute atomic E-state index is 0.177. The fourth-order valence-electron chi connectivity index (χ4n) is 1.91. The van der Waals surface area contributed by atoms with Crippen LogP contribution in [0.25, 0.3) is 0 Å². The highest BCUT2D eigenvalue weighted by atomic mass is 35.5. The summed E-state index contributed by atoms with van der Waals surface area (Å²) in [4.78, 5) is 0. The van der Waals surface area contributed by atoms with Crippen molar-refractivity contribution >= 4 is 29.1 Å². The molecule has 0 radical (unpaired) electrons. The van der Waals surface area contributed by atoms with Crippen LogP contribution in [0.3, 0.4) is 0 Å². The Balaban J connectivity index is 2.05. The number of thioether (sulfide) groups is 1. The molecule has 0 saturated carbocycles. The molecule has 1 heterocycles. The quantitative estimate of drug-likeness (QED) is 0.855. The second-order valence-electron chi connectivity index (χ2n) is 4.10. The number of anilines is 1. The molecule has 2 atom stereocenters. The van der Waals surface area contributed by atoms with Crippen molar-refractivity contribution in [3.63, 3.8) is 0 Å². The Bertz CT molecular complexity index is 372. The maximum absolute atomic E-state index is 13.3. The van der Waals surface area contributed by atoms with Gasteiger partial charge < -0.3 is 5.32 Å². The Morgan fingerprint density at radius 1 is 1.50 bits per heavy atom. The predicted molar refractivity (Wildman–Crippen MR) is 70.0 cm³/mol. The molecule has 1 aromatic rings. The zero-order valence-electron chi connectivity index (χ0n) is 9.17. The molecule has 1 aromatic carbocycles. The minimum Gasteiger partial charge on any atom is -0.381 e. The highest BCUT2D eigenvalue weighted by Crippen LogP contribution is 2.28. The molecule has 0 aliphatic carbocycles. The van der Waals surface area contributed by atoms with Crippen LogP contribution in [0.4, 0.5) is 10.1 Å². The van der Waals surface area contributed by atoms with Gasteiger partial charge in [0.15, 0.2) is 0 Å². The third-order valence-corrected chi connectivity index (χ3v) is 4.56. The normalized spacial score (nSPS) is 25.4. The largest absolute Gasteiger partial charge is 0.381 e. The summed E-state index contributed by atoms with van der Waals surface area (Å²) in [6.45, 7) is 2.22. The highest BCUT2D eigenvalue weighted by Gasteiger charge is 2.21. The molecule has 0 amide bonds. The standard InChI is InChI=1S/C12H15ClFNS/c1-8-12(3-2-6-16-8)15-9-4-5-10(13)11(14)7-9/h4-5,7-8,12,15H,2-3,6H2,1H3. The van der Waals surface area contributed by atoms with Crippen LogP contribution < -0.4 is 5.32 Å². The average molecular weight is 260 g/mol. The van der Waals surface area contributed by atoms with E-state index in [0.717, 1.165) is 12.1 Å². The number of halogens is 2. The molecule has 1 fully saturated rings. The Morgan fingerprint density at radius 3 is 3.00 bits per heavy atom. The monoisotopic (exact) mass is 259 g/mol. The van der Waals surface area contributed by atoms with E-state index in [9.17, 15) is 4.39 Å². The molecule has 1 aliphatic heterocycles. The van der Waals surface area contributed by atoms with E-state index in [1.807, 2.05) is 17.8 Å². The summed E-state index contributed by atoms with van der Waals surface area (Å²) in [5, 5.41) is 4.13. The molecular formula is C12H15ClFNS. The summed E-state index contributed by atoms with van der Waals surface area (Å²) >= 11 is 7.62. The molecular weight excluding hydrogens is 245 g/mol. The Kier molecular flexibility index (Phi) is 3.98. The molecule has 1 saturated heterocycles. The van der Waals surface area contributed by atoms with Crippen LogP contribution in [0.15, 0.2) is 18.2 Å². The zero-order chi connectivity index (χ0) is 11.5. The lowest BCUT2D eigenvalue weighted by atomic mass is 10.1. The Labute approximate surface area is 105 Å². The molecule has 0 bridgehead atoms. The summed E-state index contributed by atoms with van der Waals surface area (Å²) in [5.74, 6) is 0.872. The van der Waals surface area contributed by atoms with Gasteiger partial charge in [0.2, 0.25) is 0 Å². The summed E-state index contributed by atoms with van der Waals surface area (Å²) in [5.41, 5.74) is 0.821. The highest BCUT2D eigenvalue weighted by molar-refractivity contribution is 8.00. The fourth-order valence-corrected chi connectivity index (χ4v) is 3.17. The minimum atomic E-state index is -0.359. The van der Waals surface area contributed by atoms with E-state index in [0.29, 0.717) is 11.3 Å². The van der Waals surface area contributed by atoms with Crippen LogP contribution >= 0.6 is 23.4 Å². The van der Waals surface area contributed by atoms with Gasteiger partial charge in [0.25, 0.3) is 0 Å². The van der Waals surface area contributed by atoms with Gasteiger partial charge in [-0.15, -0.1) is 0 Å². The fraction of sp³-hybridized carbons (Fsp3) is 0.500. The molecule has 0 spiro atoms. The Morgan fingerprint density at radius 2 is 2.31 bits per heavy atom. The van der Waals surface area contributed by atoms with E-state index in [4.69, 9.17) is 11.6 Å². The van der Waals surface area contributed by atoms with Crippen molar-refractivity contribution < 1.29 is 4.39 Å². The molecule has 0 aromatic heterocycles. The van der Waals surface area contributed by atoms with Gasteiger partial charge in [-0.3, -0.25) is 0 Å². The van der Waals surface area contributed by atoms with Crippen molar-refractivity contribution in [2.45, 2.75) is 31.1 Å². The smallest absolute Gasteiger partial charge is 0.143 e. The van der Waals surface area contributed by atoms with Gasteiger partial charge in [-0.1, -0.05) is 18.5 Å². The number of hydrogen-bond acceptors (Lipinski definition) is 2. The maximum atomic E-state index is 13.3. The van der Waals surface area contributed by atoms with E-state index < -0.39 is 0 Å². The summed E-state index contributed by atoms with van der Waals surface area (Å²) < 4.78 is 13.3. The third-order valence-electron chi connectivity index (χ3n) is 2.88. The van der Waals surface area contributed by atoms with Crippen LogP contribution in [-0.2, 0) is 0 Å². The molecule has 4 heteroatoms. The Hall–Kier alpha value is -0.410. The topological polar surface area (TPSA) is 12.0 Å². The molecule has 1 aliphatic rings. The molecule has 16 heavy (non-hydrogen) atoms. The second-order valence-corrected chi connectivity index (χ2v) is 5.99. The number of rotatable bonds is 2. The lowest BCUT2D eigenvalue weighted by Crippen LogP contribution is -2.32. The number of benzene rings is 1. The summed E-state index contributed by atoms with van der Waals surface area (Å²) in [6, 6.07) is 5.32. The van der Waals surface area contributed by atoms with Crippen molar-refractivity contribution in [2.24, 2.45) is 0 Å². The van der Waals surface area contributed by atoms with Crippen LogP contribution in [0.2, 0.25) is 5.02 Å². The number of hydrogen-bond donors (Lipinski definition) is 1. The van der Waals surface area contributed by atoms with Gasteiger partial charge in [-0.2, -0.15) is 11.8 Å². The van der Waals surface area contributed by atoms with Crippen LogP contribution in [-0.4, -0.2) is 17.0 Å². The van der Waals surface area contributed by atoms with Crippen molar-refractivity contribution in [2.75, 3.05) is 11.1 Å². The summed E-state index contributed by atoms with van der Waals surface area (Å²) in [7, 11) is 0. The van der Waals surface area contributed by atoms with E-state index >= 15 is 0 Å². The van der Waals surface area contributed by atoms with E-state index in [2.05, 4.69) is 12.2 Å². The lowest BCUT2D eigenvalue weighted by Gasteiger charge is -2.30. The molecule has 2 unspecified atom stereocenters. The first kappa shape index (κ1) is 12.1. The van der Waals surface area contributed by atoms with E-state index in [-0.39, 0.29) is 10.8 Å². The van der Waals surface area contributed by atoms with Gasteiger partial charge in [-0.25, -0.2) is 4.39 Å². The maximum Gasteiger partial charge on any atom is 0.143 e. The first-order valence-corrected chi connectivity index (χ1v) is 6.92. The van der Waals surface area contributed by atoms with E-state index in [1.165, 1.54) is 18.2 Å². The van der Waals surface area contributed by atoms with Crippen LogP contribution in [0, 0.1) is 5.82 Å². The molecule has 1 nitrogen and oxygen atoms in total. The van der Waals surface area contributed by atoms with Gasteiger partial charge >= 0.3 is 0 Å². The van der Waals surface area contributed by atoms with E-state index in [1.54, 1.807) is 6.07 Å². The SMILES string of the molecule is CC1SCCCC1Nc1ccc(Cl)c(F)c1. The first-order valence-electron chi connectivity index (χ1n) is 5.50. The van der Waals surface area contributed by atoms with Crippen molar-refractivity contribution in [3.05, 3.63) is 29.0 Å². The van der Waals surface area contributed by atoms with Crippen molar-refractivity contribution in [1.29, 1.82) is 0 Å². The summed E-state index contributed by atoms with van der Waals surface area (Å²) in [6.07, 6.45) is 2.38. The average Bonchev–Trinajstić information content (AvgIpc) is 2.27. The molecule has 88 valence electrons. The predicted octanol–water partition coefficient (Wildman–Crippen LogP) is 4.18. The van der Waals surface area contributed by atoms with Crippen molar-refractivity contribution in [3.8, 4) is 0 Å². The molecule has 1 N–H and O–H groups in total. The van der Waals surface area contributed by atoms with Crippen molar-refractivity contribution in [1.82, 2.24) is 0 Å². The number of nitrogens with one attached hydrogen (secondary N) is 1. The lowest BCUT2D eigenvalue weighted by molar-refractivity contribution is 0.612. The second kappa shape index (κ2) is 5.28. The first-order chi connectivity index (χ1) is 7.66. The third kappa shape index (κ3) is 2.83. The van der Waals surface area contributed by atoms with Gasteiger partial charge in [0.1, 0.15) is 5.82 Å². The van der Waals surface area contributed by atoms with Gasteiger partial charge in [-0.05, 0) is 36.8 Å². The van der Waals surface area contributed by atoms with Gasteiger partial charge in [0, 0.05) is 17.0 Å². The zero-order valence-corrected chi connectivity index (χ0v) is 10.7. The molecule has 2 rings (SSSR count). The van der Waals surface area contributed by atoms with Crippen LogP contribution in [0.1, 0.15) is 19.8 Å².